The van der Waals surface area contributed by atoms with Crippen LogP contribution in [0.25, 0.3) is 0 Å². The minimum absolute atomic E-state index is 0.100. The van der Waals surface area contributed by atoms with E-state index in [4.69, 9.17) is 5.14 Å². The second-order valence-corrected chi connectivity index (χ2v) is 8.34. The molecule has 134 valence electrons. The molecule has 1 aromatic carbocycles. The minimum Gasteiger partial charge on any atom is -0.377 e. The van der Waals surface area contributed by atoms with Gasteiger partial charge in [-0.2, -0.15) is 0 Å². The van der Waals surface area contributed by atoms with Crippen LogP contribution in [0.4, 0.5) is 11.4 Å². The Morgan fingerprint density at radius 1 is 1.25 bits per heavy atom. The summed E-state index contributed by atoms with van der Waals surface area (Å²) in [6, 6.07) is 4.28. The summed E-state index contributed by atoms with van der Waals surface area (Å²) in [4.78, 5) is 10.2. The number of rotatable bonds is 5. The van der Waals surface area contributed by atoms with E-state index in [9.17, 15) is 18.5 Å². The highest BCUT2D eigenvalue weighted by Gasteiger charge is 2.28. The molecule has 0 aliphatic heterocycles. The Labute approximate surface area is 142 Å². The molecule has 24 heavy (non-hydrogen) atoms. The molecule has 8 heteroatoms. The van der Waals surface area contributed by atoms with E-state index in [1.807, 2.05) is 0 Å². The largest absolute Gasteiger partial charge is 0.377 e. The Morgan fingerprint density at radius 2 is 1.96 bits per heavy atom. The lowest BCUT2D eigenvalue weighted by molar-refractivity contribution is -0.386. The van der Waals surface area contributed by atoms with Crippen molar-refractivity contribution in [1.29, 1.82) is 0 Å². The van der Waals surface area contributed by atoms with Crippen LogP contribution in [0.1, 0.15) is 46.0 Å². The summed E-state index contributed by atoms with van der Waals surface area (Å²) < 4.78 is 23.2. The maximum absolute atomic E-state index is 11.6. The monoisotopic (exact) mass is 355 g/mol. The third-order valence-electron chi connectivity index (χ3n) is 4.80. The zero-order chi connectivity index (χ0) is 17.9. The molecule has 1 saturated carbocycles. The molecule has 0 saturated heterocycles. The van der Waals surface area contributed by atoms with Gasteiger partial charge in [-0.15, -0.1) is 0 Å². The third-order valence-corrected chi connectivity index (χ3v) is 5.75. The Bertz CT molecular complexity index is 703. The van der Waals surface area contributed by atoms with E-state index in [-0.39, 0.29) is 11.7 Å². The first-order valence-corrected chi connectivity index (χ1v) is 9.81. The Kier molecular flexibility index (Phi) is 5.82. The number of nitrogens with two attached hydrogens (primary N) is 1. The van der Waals surface area contributed by atoms with Crippen LogP contribution >= 0.6 is 0 Å². The highest BCUT2D eigenvalue weighted by Crippen LogP contribution is 2.35. The van der Waals surface area contributed by atoms with Crippen molar-refractivity contribution in [2.24, 2.45) is 17.0 Å². The highest BCUT2D eigenvalue weighted by molar-refractivity contribution is 7.89. The van der Waals surface area contributed by atoms with Gasteiger partial charge in [0.25, 0.3) is 0 Å². The normalized spacial score (nSPS) is 22.2. The van der Waals surface area contributed by atoms with E-state index in [2.05, 4.69) is 19.2 Å². The first kappa shape index (κ1) is 18.7. The summed E-state index contributed by atoms with van der Waals surface area (Å²) in [6.07, 6.45) is 5.12. The van der Waals surface area contributed by atoms with E-state index in [0.29, 0.717) is 11.8 Å². The smallest absolute Gasteiger partial charge is 0.312 e. The topological polar surface area (TPSA) is 115 Å². The third kappa shape index (κ3) is 4.45. The predicted octanol–water partition coefficient (Wildman–Crippen LogP) is 3.26. The molecule has 0 bridgehead atoms. The van der Waals surface area contributed by atoms with Gasteiger partial charge in [-0.3, -0.25) is 10.1 Å². The van der Waals surface area contributed by atoms with Crippen molar-refractivity contribution in [3.63, 3.8) is 0 Å². The Morgan fingerprint density at radius 3 is 2.54 bits per heavy atom. The highest BCUT2D eigenvalue weighted by atomic mass is 32.2. The first-order chi connectivity index (χ1) is 11.2. The van der Waals surface area contributed by atoms with Crippen LogP contribution in [0.2, 0.25) is 0 Å². The molecule has 1 aliphatic rings. The lowest BCUT2D eigenvalue weighted by atomic mass is 9.89. The number of anilines is 1. The SMILES string of the molecule is CC(C)C1CCCC(Nc2cccc(S(N)(=O)=O)c2[N+](=O)[O-])CC1. The number of nitrogens with zero attached hydrogens (tertiary/aromatic N) is 1. The second-order valence-electron chi connectivity index (χ2n) is 6.81. The lowest BCUT2D eigenvalue weighted by Gasteiger charge is -2.20. The summed E-state index contributed by atoms with van der Waals surface area (Å²) in [7, 11) is -4.15. The van der Waals surface area contributed by atoms with Crippen LogP contribution in [0.3, 0.4) is 0 Å². The molecule has 0 aromatic heterocycles. The molecule has 0 radical (unpaired) electrons. The van der Waals surface area contributed by atoms with Crippen LogP contribution in [-0.4, -0.2) is 19.4 Å². The van der Waals surface area contributed by atoms with Crippen LogP contribution in [0.5, 0.6) is 0 Å². The summed E-state index contributed by atoms with van der Waals surface area (Å²) in [5.41, 5.74) is -0.246. The van der Waals surface area contributed by atoms with Crippen molar-refractivity contribution in [1.82, 2.24) is 0 Å². The molecule has 7 nitrogen and oxygen atoms in total. The van der Waals surface area contributed by atoms with E-state index >= 15 is 0 Å². The molecule has 2 rings (SSSR count). The maximum atomic E-state index is 11.6. The van der Waals surface area contributed by atoms with Crippen molar-refractivity contribution in [2.45, 2.75) is 56.9 Å². The van der Waals surface area contributed by atoms with Crippen LogP contribution < -0.4 is 10.5 Å². The molecule has 0 spiro atoms. The average Bonchev–Trinajstić information content (AvgIpc) is 2.71. The minimum atomic E-state index is -4.15. The fourth-order valence-electron chi connectivity index (χ4n) is 3.42. The van der Waals surface area contributed by atoms with Crippen LogP contribution in [-0.2, 0) is 10.0 Å². The molecule has 3 N–H and O–H groups in total. The van der Waals surface area contributed by atoms with Gasteiger partial charge >= 0.3 is 5.69 Å². The molecule has 1 fully saturated rings. The van der Waals surface area contributed by atoms with Crippen molar-refractivity contribution >= 4 is 21.4 Å². The number of primary sulfonamides is 1. The standard InChI is InChI=1S/C16H25N3O4S/c1-11(2)12-5-3-6-13(10-9-12)18-14-7-4-8-15(24(17,22)23)16(14)19(20)21/h4,7-8,11-13,18H,3,5-6,9-10H2,1-2H3,(H2,17,22,23). The summed E-state index contributed by atoms with van der Waals surface area (Å²) in [5.74, 6) is 1.30. The van der Waals surface area contributed by atoms with Gasteiger partial charge in [0.05, 0.1) is 4.92 Å². The van der Waals surface area contributed by atoms with Gasteiger partial charge in [0, 0.05) is 6.04 Å². The van der Waals surface area contributed by atoms with Gasteiger partial charge in [0.1, 0.15) is 5.69 Å². The van der Waals surface area contributed by atoms with Gasteiger partial charge in [-0.1, -0.05) is 32.8 Å². The van der Waals surface area contributed by atoms with Crippen LogP contribution in [0.15, 0.2) is 23.1 Å². The van der Waals surface area contributed by atoms with E-state index in [0.717, 1.165) is 32.1 Å². The van der Waals surface area contributed by atoms with Crippen LogP contribution in [0, 0.1) is 22.0 Å². The van der Waals surface area contributed by atoms with Gasteiger partial charge < -0.3 is 5.32 Å². The number of nitro groups is 1. The molecule has 0 amide bonds. The molecule has 2 atom stereocenters. The fraction of sp³-hybridized carbons (Fsp3) is 0.625. The van der Waals surface area contributed by atoms with Gasteiger partial charge in [-0.05, 0) is 43.2 Å². The number of nitrogens with one attached hydrogen (secondary N) is 1. The predicted molar refractivity (Wildman–Crippen MR) is 93.3 cm³/mol. The van der Waals surface area contributed by atoms with E-state index < -0.39 is 25.5 Å². The van der Waals surface area contributed by atoms with E-state index in [1.54, 1.807) is 0 Å². The molecular weight excluding hydrogens is 330 g/mol. The summed E-state index contributed by atoms with van der Waals surface area (Å²) >= 11 is 0. The number of para-hydroxylation sites is 1. The molecule has 1 aromatic rings. The van der Waals surface area contributed by atoms with Crippen molar-refractivity contribution < 1.29 is 13.3 Å². The number of hydrogen-bond acceptors (Lipinski definition) is 5. The number of sulfonamides is 1. The fourth-order valence-corrected chi connectivity index (χ4v) is 4.14. The molecule has 1 aliphatic carbocycles. The first-order valence-electron chi connectivity index (χ1n) is 8.27. The van der Waals surface area contributed by atoms with Gasteiger partial charge in [-0.25, -0.2) is 13.6 Å². The van der Waals surface area contributed by atoms with Gasteiger partial charge in [0.15, 0.2) is 4.90 Å². The summed E-state index contributed by atoms with van der Waals surface area (Å²) in [6.45, 7) is 4.44. The maximum Gasteiger partial charge on any atom is 0.312 e. The Hall–Kier alpha value is -1.67. The van der Waals surface area contributed by atoms with Crippen molar-refractivity contribution in [3.05, 3.63) is 28.3 Å². The zero-order valence-corrected chi connectivity index (χ0v) is 14.9. The van der Waals surface area contributed by atoms with Crippen molar-refractivity contribution in [2.75, 3.05) is 5.32 Å². The zero-order valence-electron chi connectivity index (χ0n) is 14.1. The quantitative estimate of drug-likeness (QED) is 0.478. The second kappa shape index (κ2) is 7.48. The molecular formula is C16H25N3O4S. The Balaban J connectivity index is 2.25. The molecule has 0 heterocycles. The number of benzene rings is 1. The van der Waals surface area contributed by atoms with Crippen molar-refractivity contribution in [3.8, 4) is 0 Å². The average molecular weight is 355 g/mol. The van der Waals surface area contributed by atoms with Gasteiger partial charge in [0.2, 0.25) is 10.0 Å². The van der Waals surface area contributed by atoms with E-state index in [1.165, 1.54) is 18.2 Å². The number of hydrogen-bond donors (Lipinski definition) is 2. The molecule has 2 unspecified atom stereocenters. The summed E-state index contributed by atoms with van der Waals surface area (Å²) in [5, 5.41) is 19.7. The lowest BCUT2D eigenvalue weighted by Crippen LogP contribution is -2.21. The number of nitro benzene ring substituents is 1.